The highest BCUT2D eigenvalue weighted by atomic mass is 35.5. The third kappa shape index (κ3) is 2.39. The second-order valence-electron chi connectivity index (χ2n) is 4.39. The fourth-order valence-corrected chi connectivity index (χ4v) is 2.13. The molecule has 0 amide bonds. The summed E-state index contributed by atoms with van der Waals surface area (Å²) >= 11 is 6.05. The molecule has 3 heteroatoms. The largest absolute Gasteiger partial charge is 0.399 e. The van der Waals surface area contributed by atoms with Crippen molar-refractivity contribution >= 4 is 23.1 Å². The summed E-state index contributed by atoms with van der Waals surface area (Å²) in [6, 6.07) is 10.7. The minimum atomic E-state index is -0.0928. The van der Waals surface area contributed by atoms with E-state index >= 15 is 0 Å². The van der Waals surface area contributed by atoms with Crippen LogP contribution in [0.2, 0.25) is 5.02 Å². The van der Waals surface area contributed by atoms with Gasteiger partial charge in [-0.25, -0.2) is 0 Å². The molecule has 0 bridgehead atoms. The number of aryl methyl sites for hydroxylation is 2. The maximum Gasteiger partial charge on any atom is 0.194 e. The normalized spacial score (nSPS) is 10.4. The van der Waals surface area contributed by atoms with Crippen LogP contribution in [0.3, 0.4) is 0 Å². The van der Waals surface area contributed by atoms with Crippen LogP contribution in [0, 0.1) is 13.8 Å². The molecule has 0 aliphatic carbocycles. The lowest BCUT2D eigenvalue weighted by atomic mass is 9.97. The van der Waals surface area contributed by atoms with Gasteiger partial charge in [0.2, 0.25) is 0 Å². The molecule has 0 fully saturated rings. The van der Waals surface area contributed by atoms with Gasteiger partial charge in [-0.1, -0.05) is 35.4 Å². The molecule has 92 valence electrons. The van der Waals surface area contributed by atoms with Crippen molar-refractivity contribution in [3.63, 3.8) is 0 Å². The Morgan fingerprint density at radius 1 is 1.06 bits per heavy atom. The van der Waals surface area contributed by atoms with Gasteiger partial charge in [-0.3, -0.25) is 4.79 Å². The number of carbonyl (C=O) groups is 1. The first kappa shape index (κ1) is 12.7. The fourth-order valence-electron chi connectivity index (χ4n) is 1.93. The van der Waals surface area contributed by atoms with E-state index < -0.39 is 0 Å². The van der Waals surface area contributed by atoms with Crippen LogP contribution < -0.4 is 5.73 Å². The first-order valence-electron chi connectivity index (χ1n) is 5.66. The minimum Gasteiger partial charge on any atom is -0.399 e. The Morgan fingerprint density at radius 3 is 2.44 bits per heavy atom. The molecule has 2 nitrogen and oxygen atoms in total. The van der Waals surface area contributed by atoms with E-state index in [-0.39, 0.29) is 5.78 Å². The van der Waals surface area contributed by atoms with Gasteiger partial charge < -0.3 is 5.73 Å². The lowest BCUT2D eigenvalue weighted by molar-refractivity contribution is 0.103. The van der Waals surface area contributed by atoms with Gasteiger partial charge in [-0.15, -0.1) is 0 Å². The van der Waals surface area contributed by atoms with E-state index in [1.54, 1.807) is 18.2 Å². The van der Waals surface area contributed by atoms with Crippen molar-refractivity contribution in [3.8, 4) is 0 Å². The van der Waals surface area contributed by atoms with Crippen molar-refractivity contribution in [1.82, 2.24) is 0 Å². The summed E-state index contributed by atoms with van der Waals surface area (Å²) in [5, 5.41) is 0.425. The number of halogens is 1. The maximum absolute atomic E-state index is 12.4. The van der Waals surface area contributed by atoms with Gasteiger partial charge in [0.25, 0.3) is 0 Å². The summed E-state index contributed by atoms with van der Waals surface area (Å²) in [5.74, 6) is -0.0928. The van der Waals surface area contributed by atoms with Crippen molar-refractivity contribution in [3.05, 3.63) is 63.7 Å². The Bertz CT molecular complexity index is 620. The summed E-state index contributed by atoms with van der Waals surface area (Å²) in [6.45, 7) is 3.91. The van der Waals surface area contributed by atoms with Crippen LogP contribution in [0.1, 0.15) is 27.0 Å². The first-order valence-corrected chi connectivity index (χ1v) is 6.04. The fraction of sp³-hybridized carbons (Fsp3) is 0.133. The van der Waals surface area contributed by atoms with Crippen LogP contribution in [0.5, 0.6) is 0 Å². The van der Waals surface area contributed by atoms with E-state index in [0.29, 0.717) is 21.8 Å². The zero-order valence-electron chi connectivity index (χ0n) is 10.3. The molecule has 18 heavy (non-hydrogen) atoms. The van der Waals surface area contributed by atoms with E-state index in [2.05, 4.69) is 0 Å². The third-order valence-corrected chi connectivity index (χ3v) is 3.19. The molecule has 0 aromatic heterocycles. The molecule has 2 aromatic rings. The number of rotatable bonds is 2. The zero-order chi connectivity index (χ0) is 13.3. The second kappa shape index (κ2) is 4.83. The Labute approximate surface area is 111 Å². The summed E-state index contributed by atoms with van der Waals surface area (Å²) in [5.41, 5.74) is 9.41. The highest BCUT2D eigenvalue weighted by Crippen LogP contribution is 2.23. The summed E-state index contributed by atoms with van der Waals surface area (Å²) in [6.07, 6.45) is 0. The third-order valence-electron chi connectivity index (χ3n) is 2.86. The average molecular weight is 260 g/mol. The van der Waals surface area contributed by atoms with Crippen molar-refractivity contribution in [2.75, 3.05) is 5.73 Å². The van der Waals surface area contributed by atoms with Crippen molar-refractivity contribution in [2.24, 2.45) is 0 Å². The van der Waals surface area contributed by atoms with Gasteiger partial charge in [0.1, 0.15) is 0 Å². The standard InChI is InChI=1S/C15H14ClNO/c1-9-3-5-12(10(2)7-9)15(18)13-8-11(17)4-6-14(13)16/h3-8H,17H2,1-2H3. The van der Waals surface area contributed by atoms with E-state index in [0.717, 1.165) is 11.1 Å². The molecule has 0 aliphatic heterocycles. The van der Waals surface area contributed by atoms with E-state index in [1.165, 1.54) is 0 Å². The van der Waals surface area contributed by atoms with Gasteiger partial charge in [0.15, 0.2) is 5.78 Å². The molecule has 0 spiro atoms. The van der Waals surface area contributed by atoms with E-state index in [4.69, 9.17) is 17.3 Å². The molecule has 0 unspecified atom stereocenters. The number of nitrogens with two attached hydrogens (primary N) is 1. The van der Waals surface area contributed by atoms with Gasteiger partial charge in [0.05, 0.1) is 5.02 Å². The van der Waals surface area contributed by atoms with Crippen molar-refractivity contribution < 1.29 is 4.79 Å². The minimum absolute atomic E-state index is 0.0928. The van der Waals surface area contributed by atoms with E-state index in [9.17, 15) is 4.79 Å². The van der Waals surface area contributed by atoms with Gasteiger partial charge in [-0.05, 0) is 37.6 Å². The molecule has 0 atom stereocenters. The molecule has 2 rings (SSSR count). The van der Waals surface area contributed by atoms with Gasteiger partial charge >= 0.3 is 0 Å². The highest BCUT2D eigenvalue weighted by molar-refractivity contribution is 6.35. The molecule has 0 heterocycles. The Morgan fingerprint density at radius 2 is 1.78 bits per heavy atom. The summed E-state index contributed by atoms with van der Waals surface area (Å²) < 4.78 is 0. The van der Waals surface area contributed by atoms with Crippen LogP contribution in [-0.4, -0.2) is 5.78 Å². The van der Waals surface area contributed by atoms with Gasteiger partial charge in [0, 0.05) is 16.8 Å². The van der Waals surface area contributed by atoms with Crippen molar-refractivity contribution in [2.45, 2.75) is 13.8 Å². The van der Waals surface area contributed by atoms with Crippen LogP contribution in [-0.2, 0) is 0 Å². The molecule has 0 aliphatic rings. The first-order chi connectivity index (χ1) is 8.49. The predicted octanol–water partition coefficient (Wildman–Crippen LogP) is 3.77. The van der Waals surface area contributed by atoms with Crippen LogP contribution in [0.4, 0.5) is 5.69 Å². The predicted molar refractivity (Wildman–Crippen MR) is 75.2 cm³/mol. The Kier molecular flexibility index (Phi) is 3.39. The van der Waals surface area contributed by atoms with Crippen LogP contribution in [0.25, 0.3) is 0 Å². The zero-order valence-corrected chi connectivity index (χ0v) is 11.1. The molecule has 2 aromatic carbocycles. The lowest BCUT2D eigenvalue weighted by Gasteiger charge is -2.08. The Balaban J connectivity index is 2.51. The molecule has 0 saturated heterocycles. The molecule has 0 radical (unpaired) electrons. The topological polar surface area (TPSA) is 43.1 Å². The molecular formula is C15H14ClNO. The number of nitrogen functional groups attached to an aromatic ring is 1. The number of carbonyl (C=O) groups excluding carboxylic acids is 1. The average Bonchev–Trinajstić information content (AvgIpc) is 2.31. The smallest absolute Gasteiger partial charge is 0.194 e. The van der Waals surface area contributed by atoms with Gasteiger partial charge in [-0.2, -0.15) is 0 Å². The summed E-state index contributed by atoms with van der Waals surface area (Å²) in [7, 11) is 0. The van der Waals surface area contributed by atoms with Crippen LogP contribution >= 0.6 is 11.6 Å². The number of anilines is 1. The Hall–Kier alpha value is -1.80. The maximum atomic E-state index is 12.4. The van der Waals surface area contributed by atoms with Crippen molar-refractivity contribution in [1.29, 1.82) is 0 Å². The lowest BCUT2D eigenvalue weighted by Crippen LogP contribution is -2.05. The van der Waals surface area contributed by atoms with E-state index in [1.807, 2.05) is 32.0 Å². The monoisotopic (exact) mass is 259 g/mol. The highest BCUT2D eigenvalue weighted by Gasteiger charge is 2.15. The molecule has 0 saturated carbocycles. The number of hydrogen-bond donors (Lipinski definition) is 1. The number of ketones is 1. The second-order valence-corrected chi connectivity index (χ2v) is 4.79. The number of hydrogen-bond acceptors (Lipinski definition) is 2. The molecule has 2 N–H and O–H groups in total. The quantitative estimate of drug-likeness (QED) is 0.659. The SMILES string of the molecule is Cc1ccc(C(=O)c2cc(N)ccc2Cl)c(C)c1. The number of benzene rings is 2. The summed E-state index contributed by atoms with van der Waals surface area (Å²) in [4.78, 5) is 12.4. The molecular weight excluding hydrogens is 246 g/mol. The van der Waals surface area contributed by atoms with Crippen LogP contribution in [0.15, 0.2) is 36.4 Å².